The van der Waals surface area contributed by atoms with Crippen LogP contribution < -0.4 is 4.90 Å². The van der Waals surface area contributed by atoms with Gasteiger partial charge in [-0.1, -0.05) is 20.8 Å². The maximum Gasteiger partial charge on any atom is 0.227 e. The highest BCUT2D eigenvalue weighted by Gasteiger charge is 2.19. The van der Waals surface area contributed by atoms with Crippen molar-refractivity contribution in [1.29, 1.82) is 0 Å². The number of anilines is 1. The molecule has 1 fully saturated rings. The fraction of sp³-hybridized carbons (Fsp3) is 0.500. The molecular formula is C16H21N3O. The predicted molar refractivity (Wildman–Crippen MR) is 79.9 cm³/mol. The first-order valence-corrected chi connectivity index (χ1v) is 7.21. The summed E-state index contributed by atoms with van der Waals surface area (Å²) in [6, 6.07) is 4.10. The first kappa shape index (κ1) is 13.2. The molecule has 0 bridgehead atoms. The van der Waals surface area contributed by atoms with Gasteiger partial charge in [0.2, 0.25) is 5.89 Å². The number of rotatable bonds is 2. The van der Waals surface area contributed by atoms with Crippen LogP contribution in [0.2, 0.25) is 0 Å². The molecular weight excluding hydrogens is 250 g/mol. The molecule has 2 aromatic heterocycles. The van der Waals surface area contributed by atoms with Crippen LogP contribution >= 0.6 is 0 Å². The molecule has 0 amide bonds. The van der Waals surface area contributed by atoms with Crippen molar-refractivity contribution in [2.75, 3.05) is 18.0 Å². The maximum atomic E-state index is 5.58. The van der Waals surface area contributed by atoms with Crippen LogP contribution in [0.1, 0.15) is 39.3 Å². The highest BCUT2D eigenvalue weighted by atomic mass is 16.3. The van der Waals surface area contributed by atoms with E-state index < -0.39 is 0 Å². The van der Waals surface area contributed by atoms with Crippen LogP contribution in [0.5, 0.6) is 0 Å². The molecule has 0 N–H and O–H groups in total. The predicted octanol–water partition coefficient (Wildman–Crippen LogP) is 3.63. The summed E-state index contributed by atoms with van der Waals surface area (Å²) >= 11 is 0. The van der Waals surface area contributed by atoms with E-state index in [0.29, 0.717) is 5.89 Å². The third-order valence-corrected chi connectivity index (χ3v) is 3.70. The van der Waals surface area contributed by atoms with Crippen LogP contribution in [0, 0.1) is 0 Å². The molecule has 0 saturated carbocycles. The number of aromatic nitrogens is 2. The van der Waals surface area contributed by atoms with E-state index in [2.05, 4.69) is 41.7 Å². The summed E-state index contributed by atoms with van der Waals surface area (Å²) in [5, 5.41) is 0. The van der Waals surface area contributed by atoms with E-state index in [9.17, 15) is 0 Å². The summed E-state index contributed by atoms with van der Waals surface area (Å²) in [6.07, 6.45) is 6.12. The van der Waals surface area contributed by atoms with E-state index in [0.717, 1.165) is 30.2 Å². The van der Waals surface area contributed by atoms with E-state index >= 15 is 0 Å². The molecule has 20 heavy (non-hydrogen) atoms. The summed E-state index contributed by atoms with van der Waals surface area (Å²) < 4.78 is 5.58. The van der Waals surface area contributed by atoms with E-state index in [4.69, 9.17) is 4.42 Å². The topological polar surface area (TPSA) is 42.2 Å². The zero-order valence-corrected chi connectivity index (χ0v) is 12.4. The zero-order chi connectivity index (χ0) is 14.2. The van der Waals surface area contributed by atoms with E-state index in [1.54, 1.807) is 6.26 Å². The Kier molecular flexibility index (Phi) is 3.24. The summed E-state index contributed by atoms with van der Waals surface area (Å²) in [5.74, 6) is 1.70. The molecule has 2 aromatic rings. The molecule has 1 saturated heterocycles. The van der Waals surface area contributed by atoms with E-state index in [1.165, 1.54) is 12.8 Å². The monoisotopic (exact) mass is 271 g/mol. The lowest BCUT2D eigenvalue weighted by Crippen LogP contribution is -2.18. The third-order valence-electron chi connectivity index (χ3n) is 3.70. The van der Waals surface area contributed by atoms with Gasteiger partial charge in [-0.2, -0.15) is 0 Å². The quantitative estimate of drug-likeness (QED) is 0.836. The van der Waals surface area contributed by atoms with Crippen molar-refractivity contribution >= 4 is 5.82 Å². The Hall–Kier alpha value is -1.84. The molecule has 1 aliphatic heterocycles. The van der Waals surface area contributed by atoms with Crippen molar-refractivity contribution in [2.24, 2.45) is 0 Å². The summed E-state index contributed by atoms with van der Waals surface area (Å²) in [7, 11) is 0. The molecule has 4 heteroatoms. The Balaban J connectivity index is 1.82. The van der Waals surface area contributed by atoms with Gasteiger partial charge < -0.3 is 9.32 Å². The molecule has 0 unspecified atom stereocenters. The smallest absolute Gasteiger partial charge is 0.227 e. The van der Waals surface area contributed by atoms with E-state index in [-0.39, 0.29) is 5.41 Å². The van der Waals surface area contributed by atoms with Gasteiger partial charge in [0.1, 0.15) is 12.1 Å². The minimum atomic E-state index is 0.00463. The van der Waals surface area contributed by atoms with Crippen LogP contribution in [0.15, 0.2) is 29.0 Å². The number of hydrogen-bond donors (Lipinski definition) is 0. The Morgan fingerprint density at radius 2 is 1.90 bits per heavy atom. The lowest BCUT2D eigenvalue weighted by molar-refractivity contribution is 0.543. The Morgan fingerprint density at radius 1 is 1.15 bits per heavy atom. The molecule has 0 aliphatic carbocycles. The summed E-state index contributed by atoms with van der Waals surface area (Å²) in [6.45, 7) is 8.61. The van der Waals surface area contributed by atoms with Gasteiger partial charge in [0.25, 0.3) is 0 Å². The average molecular weight is 271 g/mol. The van der Waals surface area contributed by atoms with Crippen molar-refractivity contribution < 1.29 is 4.42 Å². The SMILES string of the molecule is CC(C)(C)c1coc(-c2ccc(N3CCCC3)nc2)n1. The average Bonchev–Trinajstić information content (AvgIpc) is 3.10. The Bertz CT molecular complexity index is 575. The molecule has 4 nitrogen and oxygen atoms in total. The van der Waals surface area contributed by atoms with Gasteiger partial charge in [0, 0.05) is 24.7 Å². The van der Waals surface area contributed by atoms with Crippen LogP contribution in [0.4, 0.5) is 5.82 Å². The number of nitrogens with zero attached hydrogens (tertiary/aromatic N) is 3. The van der Waals surface area contributed by atoms with Crippen LogP contribution in [-0.4, -0.2) is 23.1 Å². The first-order chi connectivity index (χ1) is 9.54. The summed E-state index contributed by atoms with van der Waals surface area (Å²) in [5.41, 5.74) is 1.91. The first-order valence-electron chi connectivity index (χ1n) is 7.21. The molecule has 0 aromatic carbocycles. The van der Waals surface area contributed by atoms with Gasteiger partial charge >= 0.3 is 0 Å². The van der Waals surface area contributed by atoms with Gasteiger partial charge in [0.15, 0.2) is 0 Å². The fourth-order valence-electron chi connectivity index (χ4n) is 2.40. The van der Waals surface area contributed by atoms with Gasteiger partial charge in [-0.15, -0.1) is 0 Å². The van der Waals surface area contributed by atoms with Crippen molar-refractivity contribution in [2.45, 2.75) is 39.0 Å². The van der Waals surface area contributed by atoms with Gasteiger partial charge in [0.05, 0.1) is 11.3 Å². The van der Waals surface area contributed by atoms with Crippen molar-refractivity contribution in [3.05, 3.63) is 30.3 Å². The lowest BCUT2D eigenvalue weighted by Gasteiger charge is -2.15. The van der Waals surface area contributed by atoms with Crippen molar-refractivity contribution in [3.63, 3.8) is 0 Å². The Morgan fingerprint density at radius 3 is 2.45 bits per heavy atom. The normalized spacial score (nSPS) is 15.8. The Labute approximate surface area is 119 Å². The largest absolute Gasteiger partial charge is 0.444 e. The van der Waals surface area contributed by atoms with Crippen LogP contribution in [0.3, 0.4) is 0 Å². The van der Waals surface area contributed by atoms with Crippen molar-refractivity contribution in [3.8, 4) is 11.5 Å². The van der Waals surface area contributed by atoms with Crippen LogP contribution in [0.25, 0.3) is 11.5 Å². The molecule has 3 rings (SSSR count). The maximum absolute atomic E-state index is 5.58. The molecule has 0 radical (unpaired) electrons. The van der Waals surface area contributed by atoms with Crippen molar-refractivity contribution in [1.82, 2.24) is 9.97 Å². The second-order valence-electron chi connectivity index (χ2n) is 6.39. The van der Waals surface area contributed by atoms with E-state index in [1.807, 2.05) is 12.3 Å². The minimum absolute atomic E-state index is 0.00463. The lowest BCUT2D eigenvalue weighted by atomic mass is 9.93. The highest BCUT2D eigenvalue weighted by molar-refractivity contribution is 5.55. The minimum Gasteiger partial charge on any atom is -0.444 e. The van der Waals surface area contributed by atoms with Gasteiger partial charge in [-0.05, 0) is 25.0 Å². The zero-order valence-electron chi connectivity index (χ0n) is 12.4. The number of pyridine rings is 1. The molecule has 0 spiro atoms. The standard InChI is InChI=1S/C16H21N3O/c1-16(2,3)13-11-20-15(18-13)12-6-7-14(17-10-12)19-8-4-5-9-19/h6-7,10-11H,4-5,8-9H2,1-3H3. The number of oxazole rings is 1. The summed E-state index contributed by atoms with van der Waals surface area (Å²) in [4.78, 5) is 11.4. The highest BCUT2D eigenvalue weighted by Crippen LogP contribution is 2.26. The second kappa shape index (κ2) is 4.93. The fourth-order valence-corrected chi connectivity index (χ4v) is 2.40. The molecule has 106 valence electrons. The second-order valence-corrected chi connectivity index (χ2v) is 6.39. The molecule has 1 aliphatic rings. The van der Waals surface area contributed by atoms with Gasteiger partial charge in [-0.3, -0.25) is 0 Å². The molecule has 3 heterocycles. The van der Waals surface area contributed by atoms with Crippen LogP contribution in [-0.2, 0) is 5.41 Å². The number of hydrogen-bond acceptors (Lipinski definition) is 4. The molecule has 0 atom stereocenters. The third kappa shape index (κ3) is 2.55. The van der Waals surface area contributed by atoms with Gasteiger partial charge in [-0.25, -0.2) is 9.97 Å².